The minimum absolute atomic E-state index is 0.00801. The van der Waals surface area contributed by atoms with Gasteiger partial charge in [-0.3, -0.25) is 4.79 Å². The number of hydrogen-bond acceptors (Lipinski definition) is 7. The van der Waals surface area contributed by atoms with Crippen LogP contribution in [0.15, 0.2) is 48.5 Å². The highest BCUT2D eigenvalue weighted by atomic mass is 32.1. The summed E-state index contributed by atoms with van der Waals surface area (Å²) in [7, 11) is 3.19. The Morgan fingerprint density at radius 3 is 2.41 bits per heavy atom. The van der Waals surface area contributed by atoms with Crippen molar-refractivity contribution in [2.24, 2.45) is 5.92 Å². The molecule has 0 N–H and O–H groups in total. The lowest BCUT2D eigenvalue weighted by Crippen LogP contribution is -2.49. The molecule has 1 unspecified atom stereocenters. The number of thiophene rings is 1. The molecule has 0 bridgehead atoms. The third-order valence-corrected chi connectivity index (χ3v) is 9.00. The van der Waals surface area contributed by atoms with Gasteiger partial charge in [0, 0.05) is 49.1 Å². The van der Waals surface area contributed by atoms with Crippen LogP contribution in [0, 0.1) is 5.92 Å². The average molecular weight is 543 g/mol. The van der Waals surface area contributed by atoms with Gasteiger partial charge in [0.1, 0.15) is 28.0 Å². The number of rotatable bonds is 6. The largest absolute Gasteiger partial charge is 0.497 e. The summed E-state index contributed by atoms with van der Waals surface area (Å²) in [5.41, 5.74) is 3.23. The van der Waals surface area contributed by atoms with Crippen LogP contribution in [0.5, 0.6) is 11.5 Å². The molecule has 4 aromatic rings. The number of amides is 1. The van der Waals surface area contributed by atoms with E-state index in [1.807, 2.05) is 22.3 Å². The van der Waals surface area contributed by atoms with Gasteiger partial charge in [-0.1, -0.05) is 37.3 Å². The summed E-state index contributed by atoms with van der Waals surface area (Å²) in [6.45, 7) is 5.05. The normalized spacial score (nSPS) is 17.3. The summed E-state index contributed by atoms with van der Waals surface area (Å²) in [6.07, 6.45) is 4.12. The van der Waals surface area contributed by atoms with E-state index in [2.05, 4.69) is 36.1 Å². The molecular formula is C31H34N4O3S. The van der Waals surface area contributed by atoms with Crippen molar-refractivity contribution in [2.45, 2.75) is 32.6 Å². The Balaban J connectivity index is 1.29. The zero-order chi connectivity index (χ0) is 26.9. The molecule has 1 aliphatic carbocycles. The smallest absolute Gasteiger partial charge is 0.254 e. The first-order valence-electron chi connectivity index (χ1n) is 13.6. The standard InChI is InChI=1S/C31H34N4O3S/c1-20-9-10-25-26(15-20)39-30-28(25)29(32-27(33-30)16-21-7-5-4-6-8-21)34-11-13-35(14-12-34)31(36)22-17-23(37-2)19-24(18-22)38-3/h4-8,17-20H,9-16H2,1-3H3. The maximum Gasteiger partial charge on any atom is 0.254 e. The molecule has 2 aromatic carbocycles. The number of fused-ring (bicyclic) bond motifs is 3. The number of aromatic nitrogens is 2. The molecule has 6 rings (SSSR count). The molecule has 8 heteroatoms. The Hall–Kier alpha value is -3.65. The van der Waals surface area contributed by atoms with Gasteiger partial charge in [-0.15, -0.1) is 11.3 Å². The lowest BCUT2D eigenvalue weighted by molar-refractivity contribution is 0.0746. The monoisotopic (exact) mass is 542 g/mol. The summed E-state index contributed by atoms with van der Waals surface area (Å²) in [4.78, 5) is 30.5. The minimum atomic E-state index is -0.00801. The Kier molecular flexibility index (Phi) is 7.12. The lowest BCUT2D eigenvalue weighted by Gasteiger charge is -2.36. The van der Waals surface area contributed by atoms with Crippen molar-refractivity contribution in [3.63, 3.8) is 0 Å². The zero-order valence-corrected chi connectivity index (χ0v) is 23.6. The topological polar surface area (TPSA) is 67.8 Å². The molecule has 0 radical (unpaired) electrons. The van der Waals surface area contributed by atoms with E-state index in [-0.39, 0.29) is 5.91 Å². The van der Waals surface area contributed by atoms with Gasteiger partial charge in [-0.25, -0.2) is 9.97 Å². The fourth-order valence-corrected chi connectivity index (χ4v) is 7.08. The molecule has 1 amide bonds. The minimum Gasteiger partial charge on any atom is -0.497 e. The van der Waals surface area contributed by atoms with Gasteiger partial charge in [0.15, 0.2) is 0 Å². The molecule has 1 atom stereocenters. The summed E-state index contributed by atoms with van der Waals surface area (Å²) < 4.78 is 10.8. The highest BCUT2D eigenvalue weighted by molar-refractivity contribution is 7.19. The zero-order valence-electron chi connectivity index (χ0n) is 22.8. The SMILES string of the molecule is COc1cc(OC)cc(C(=O)N2CCN(c3nc(Cc4ccccc4)nc4sc5c(c34)CCC(C)C5)CC2)c1. The molecule has 1 aliphatic heterocycles. The predicted octanol–water partition coefficient (Wildman–Crippen LogP) is 5.39. The number of ether oxygens (including phenoxy) is 2. The van der Waals surface area contributed by atoms with Crippen molar-refractivity contribution in [3.8, 4) is 11.5 Å². The van der Waals surface area contributed by atoms with Crippen molar-refractivity contribution in [1.29, 1.82) is 0 Å². The number of carbonyl (C=O) groups is 1. The summed E-state index contributed by atoms with van der Waals surface area (Å²) >= 11 is 1.85. The van der Waals surface area contributed by atoms with E-state index in [0.717, 1.165) is 42.4 Å². The Bertz CT molecular complexity index is 1470. The van der Waals surface area contributed by atoms with Gasteiger partial charge in [0.2, 0.25) is 0 Å². The van der Waals surface area contributed by atoms with E-state index in [0.29, 0.717) is 42.5 Å². The first kappa shape index (κ1) is 25.6. The van der Waals surface area contributed by atoms with Crippen molar-refractivity contribution in [3.05, 3.63) is 75.9 Å². The first-order valence-corrected chi connectivity index (χ1v) is 14.5. The summed E-state index contributed by atoms with van der Waals surface area (Å²) in [5.74, 6) is 3.82. The Morgan fingerprint density at radius 1 is 1.00 bits per heavy atom. The van der Waals surface area contributed by atoms with Gasteiger partial charge < -0.3 is 19.3 Å². The second-order valence-electron chi connectivity index (χ2n) is 10.5. The number of carbonyl (C=O) groups excluding carboxylic acids is 1. The maximum absolute atomic E-state index is 13.4. The van der Waals surface area contributed by atoms with Gasteiger partial charge in [0.05, 0.1) is 19.6 Å². The molecule has 39 heavy (non-hydrogen) atoms. The number of nitrogens with zero attached hydrogens (tertiary/aromatic N) is 4. The second-order valence-corrected chi connectivity index (χ2v) is 11.6. The molecule has 1 saturated heterocycles. The molecule has 0 spiro atoms. The molecule has 7 nitrogen and oxygen atoms in total. The van der Waals surface area contributed by atoms with Crippen molar-refractivity contribution in [1.82, 2.24) is 14.9 Å². The third-order valence-electron chi connectivity index (χ3n) is 7.85. The van der Waals surface area contributed by atoms with Crippen LogP contribution in [0.25, 0.3) is 10.2 Å². The summed E-state index contributed by atoms with van der Waals surface area (Å²) in [5, 5.41) is 1.23. The van der Waals surface area contributed by atoms with Crippen LogP contribution in [0.2, 0.25) is 0 Å². The van der Waals surface area contributed by atoms with Gasteiger partial charge in [0.25, 0.3) is 5.91 Å². The van der Waals surface area contributed by atoms with E-state index < -0.39 is 0 Å². The molecule has 3 heterocycles. The van der Waals surface area contributed by atoms with Crippen LogP contribution in [0.4, 0.5) is 5.82 Å². The van der Waals surface area contributed by atoms with E-state index >= 15 is 0 Å². The molecule has 0 saturated carbocycles. The predicted molar refractivity (Wildman–Crippen MR) is 156 cm³/mol. The second kappa shape index (κ2) is 10.8. The fraction of sp³-hybridized carbons (Fsp3) is 0.387. The van der Waals surface area contributed by atoms with Crippen LogP contribution in [0.3, 0.4) is 0 Å². The van der Waals surface area contributed by atoms with Crippen LogP contribution in [0.1, 0.15) is 45.5 Å². The quantitative estimate of drug-likeness (QED) is 0.326. The molecule has 202 valence electrons. The van der Waals surface area contributed by atoms with E-state index in [1.165, 1.54) is 27.8 Å². The van der Waals surface area contributed by atoms with Crippen molar-refractivity contribution >= 4 is 33.3 Å². The van der Waals surface area contributed by atoms with E-state index in [9.17, 15) is 4.79 Å². The van der Waals surface area contributed by atoms with E-state index in [1.54, 1.807) is 32.4 Å². The van der Waals surface area contributed by atoms with Crippen molar-refractivity contribution in [2.75, 3.05) is 45.3 Å². The van der Waals surface area contributed by atoms with Crippen molar-refractivity contribution < 1.29 is 14.3 Å². The van der Waals surface area contributed by atoms with Gasteiger partial charge >= 0.3 is 0 Å². The van der Waals surface area contributed by atoms with Crippen LogP contribution < -0.4 is 14.4 Å². The molecule has 2 aromatic heterocycles. The molecule has 2 aliphatic rings. The Morgan fingerprint density at radius 2 is 1.72 bits per heavy atom. The molecular weight excluding hydrogens is 508 g/mol. The Labute approximate surface area is 233 Å². The van der Waals surface area contributed by atoms with Gasteiger partial charge in [-0.05, 0) is 48.4 Å². The average Bonchev–Trinajstić information content (AvgIpc) is 3.34. The van der Waals surface area contributed by atoms with Crippen LogP contribution in [-0.4, -0.2) is 61.2 Å². The van der Waals surface area contributed by atoms with Gasteiger partial charge in [-0.2, -0.15) is 0 Å². The lowest BCUT2D eigenvalue weighted by atomic mass is 9.89. The van der Waals surface area contributed by atoms with Crippen LogP contribution >= 0.6 is 11.3 Å². The number of methoxy groups -OCH3 is 2. The maximum atomic E-state index is 13.4. The number of piperazine rings is 1. The van der Waals surface area contributed by atoms with Crippen LogP contribution in [-0.2, 0) is 19.3 Å². The number of benzene rings is 2. The number of anilines is 1. The highest BCUT2D eigenvalue weighted by Crippen LogP contribution is 2.41. The number of hydrogen-bond donors (Lipinski definition) is 0. The first-order chi connectivity index (χ1) is 19.0. The highest BCUT2D eigenvalue weighted by Gasteiger charge is 2.29. The summed E-state index contributed by atoms with van der Waals surface area (Å²) in [6, 6.07) is 15.8. The van der Waals surface area contributed by atoms with E-state index in [4.69, 9.17) is 19.4 Å². The molecule has 1 fully saturated rings. The number of aryl methyl sites for hydroxylation is 1. The fourth-order valence-electron chi connectivity index (χ4n) is 5.69. The third kappa shape index (κ3) is 5.17.